The maximum atomic E-state index is 2.50. The lowest BCUT2D eigenvalue weighted by Crippen LogP contribution is -2.07. The van der Waals surface area contributed by atoms with Crippen molar-refractivity contribution in [2.75, 3.05) is 0 Å². The molecule has 12 rings (SSSR count). The summed E-state index contributed by atoms with van der Waals surface area (Å²) in [4.78, 5) is 0. The quantitative estimate of drug-likeness (QED) is 0.174. The van der Waals surface area contributed by atoms with E-state index in [0.717, 1.165) is 12.8 Å². The summed E-state index contributed by atoms with van der Waals surface area (Å²) in [6, 6.07) is 63.3. The topological polar surface area (TPSA) is 9.86 Å². The third-order valence-corrected chi connectivity index (χ3v) is 12.8. The molecule has 0 spiro atoms. The molecule has 0 atom stereocenters. The van der Waals surface area contributed by atoms with Gasteiger partial charge in [-0.1, -0.05) is 109 Å². The average molecular weight is 693 g/mol. The van der Waals surface area contributed by atoms with E-state index in [1.165, 1.54) is 109 Å². The molecular weight excluding hydrogens is 661 g/mol. The molecule has 8 aromatic carbocycles. The maximum Gasteiger partial charge on any atom is 0.0555 e. The highest BCUT2D eigenvalue weighted by atomic mass is 32.1. The number of aryl methyl sites for hydroxylation is 2. The Kier molecular flexibility index (Phi) is 6.08. The van der Waals surface area contributed by atoms with Gasteiger partial charge in [0.2, 0.25) is 0 Å². The fourth-order valence-electron chi connectivity index (χ4n) is 9.31. The molecule has 53 heavy (non-hydrogen) atoms. The fraction of sp³-hybridized carbons (Fsp3) is 0.0400. The van der Waals surface area contributed by atoms with Crippen molar-refractivity contribution in [1.29, 1.82) is 0 Å². The van der Waals surface area contributed by atoms with Crippen LogP contribution in [0.25, 0.3) is 97.4 Å². The van der Waals surface area contributed by atoms with Gasteiger partial charge in [0, 0.05) is 47.3 Å². The van der Waals surface area contributed by atoms with E-state index < -0.39 is 0 Å². The van der Waals surface area contributed by atoms with Gasteiger partial charge in [0.05, 0.1) is 33.4 Å². The average Bonchev–Trinajstić information content (AvgIpc) is 3.88. The van der Waals surface area contributed by atoms with Crippen molar-refractivity contribution in [1.82, 2.24) is 9.13 Å². The predicted octanol–water partition coefficient (Wildman–Crippen LogP) is 13.7. The first kappa shape index (κ1) is 29.2. The first-order valence-electron chi connectivity index (χ1n) is 18.5. The fourth-order valence-corrected chi connectivity index (χ4v) is 10.4. The number of hydrogen-bond acceptors (Lipinski definition) is 1. The molecule has 0 N–H and O–H groups in total. The monoisotopic (exact) mass is 692 g/mol. The first-order chi connectivity index (χ1) is 26.3. The van der Waals surface area contributed by atoms with Crippen LogP contribution in [0.4, 0.5) is 0 Å². The summed E-state index contributed by atoms with van der Waals surface area (Å²) < 4.78 is 7.62. The van der Waals surface area contributed by atoms with Crippen LogP contribution in [0.15, 0.2) is 170 Å². The van der Waals surface area contributed by atoms with Crippen LogP contribution < -0.4 is 0 Å². The number of para-hydroxylation sites is 2. The van der Waals surface area contributed by atoms with Gasteiger partial charge in [0.15, 0.2) is 0 Å². The summed E-state index contributed by atoms with van der Waals surface area (Å²) in [5, 5.41) is 7.74. The summed E-state index contributed by atoms with van der Waals surface area (Å²) in [6.45, 7) is 0. The van der Waals surface area contributed by atoms with Crippen LogP contribution in [0, 0.1) is 0 Å². The predicted molar refractivity (Wildman–Crippen MR) is 226 cm³/mol. The number of nitrogens with zero attached hydrogens (tertiary/aromatic N) is 2. The second kappa shape index (κ2) is 11.0. The third kappa shape index (κ3) is 4.14. The molecule has 1 aliphatic rings. The number of aromatic nitrogens is 2. The second-order valence-electron chi connectivity index (χ2n) is 14.4. The van der Waals surface area contributed by atoms with Crippen LogP contribution in [0.2, 0.25) is 0 Å². The zero-order chi connectivity index (χ0) is 34.6. The molecule has 0 fully saturated rings. The van der Waals surface area contributed by atoms with E-state index in [1.807, 2.05) is 11.3 Å². The summed E-state index contributed by atoms with van der Waals surface area (Å²) in [5.74, 6) is 0. The van der Waals surface area contributed by atoms with Crippen LogP contribution in [0.1, 0.15) is 11.1 Å². The van der Waals surface area contributed by atoms with Gasteiger partial charge in [0.25, 0.3) is 0 Å². The van der Waals surface area contributed by atoms with E-state index in [9.17, 15) is 0 Å². The van der Waals surface area contributed by atoms with Crippen LogP contribution in [0.3, 0.4) is 0 Å². The molecule has 0 bridgehead atoms. The molecule has 3 heterocycles. The number of thiophene rings is 1. The Bertz CT molecular complexity index is 3300. The number of benzene rings is 8. The van der Waals surface area contributed by atoms with Crippen LogP contribution >= 0.6 is 11.3 Å². The zero-order valence-electron chi connectivity index (χ0n) is 28.9. The summed E-state index contributed by atoms with van der Waals surface area (Å²) in [6.07, 6.45) is 2.16. The minimum atomic E-state index is 1.07. The minimum absolute atomic E-state index is 1.07. The minimum Gasteiger partial charge on any atom is -0.309 e. The number of fused-ring (bicyclic) bond motifs is 12. The van der Waals surface area contributed by atoms with E-state index in [1.54, 1.807) is 0 Å². The molecule has 0 unspecified atom stereocenters. The Labute approximate surface area is 310 Å². The summed E-state index contributed by atoms with van der Waals surface area (Å²) in [7, 11) is 0. The van der Waals surface area contributed by atoms with Crippen LogP contribution in [-0.2, 0) is 12.8 Å². The van der Waals surface area contributed by atoms with Gasteiger partial charge in [-0.3, -0.25) is 0 Å². The highest BCUT2D eigenvalue weighted by molar-refractivity contribution is 7.25. The molecule has 0 radical (unpaired) electrons. The van der Waals surface area contributed by atoms with Crippen molar-refractivity contribution in [3.63, 3.8) is 0 Å². The van der Waals surface area contributed by atoms with E-state index in [2.05, 4.69) is 179 Å². The molecule has 3 aromatic heterocycles. The van der Waals surface area contributed by atoms with E-state index in [4.69, 9.17) is 0 Å². The van der Waals surface area contributed by atoms with Gasteiger partial charge in [-0.2, -0.15) is 0 Å². The second-order valence-corrected chi connectivity index (χ2v) is 15.5. The Hall–Kier alpha value is -6.42. The van der Waals surface area contributed by atoms with Crippen molar-refractivity contribution in [3.8, 4) is 33.6 Å². The summed E-state index contributed by atoms with van der Waals surface area (Å²) in [5.41, 5.74) is 15.5. The Balaban J connectivity index is 1.07. The van der Waals surface area contributed by atoms with Gasteiger partial charge in [-0.25, -0.2) is 0 Å². The van der Waals surface area contributed by atoms with Crippen molar-refractivity contribution in [2.24, 2.45) is 0 Å². The molecule has 11 aromatic rings. The zero-order valence-corrected chi connectivity index (χ0v) is 29.7. The van der Waals surface area contributed by atoms with Gasteiger partial charge in [-0.05, 0) is 101 Å². The lowest BCUT2D eigenvalue weighted by atomic mass is 9.84. The maximum absolute atomic E-state index is 2.50. The lowest BCUT2D eigenvalue weighted by Gasteiger charge is -2.24. The van der Waals surface area contributed by atoms with Gasteiger partial charge >= 0.3 is 0 Å². The van der Waals surface area contributed by atoms with E-state index >= 15 is 0 Å². The van der Waals surface area contributed by atoms with Crippen molar-refractivity contribution < 1.29 is 0 Å². The Morgan fingerprint density at radius 3 is 1.66 bits per heavy atom. The molecule has 1 aliphatic carbocycles. The summed E-state index contributed by atoms with van der Waals surface area (Å²) >= 11 is 1.87. The number of hydrogen-bond donors (Lipinski definition) is 0. The number of rotatable bonds is 3. The standard InChI is InChI=1S/C50H32N2S/c1-2-13-35-31(11-1)23-24-32-12-9-19-45(49(32)35)51-41-17-6-3-14-36(41)39-29-33(25-27-43(39)51)34-26-28-44-40(30-34)37-15-4-7-18-42(37)52(44)46-20-10-22-48-50(46)38-16-5-8-21-47(38)53-48/h1-22,25-30H,23-24H2. The molecular formula is C50H32N2S. The van der Waals surface area contributed by atoms with Gasteiger partial charge in [-0.15, -0.1) is 11.3 Å². The third-order valence-electron chi connectivity index (χ3n) is 11.6. The van der Waals surface area contributed by atoms with Crippen LogP contribution in [-0.4, -0.2) is 9.13 Å². The molecule has 0 aliphatic heterocycles. The molecule has 0 amide bonds. The van der Waals surface area contributed by atoms with Crippen LogP contribution in [0.5, 0.6) is 0 Å². The first-order valence-corrected chi connectivity index (χ1v) is 19.3. The molecule has 248 valence electrons. The molecule has 0 saturated heterocycles. The largest absolute Gasteiger partial charge is 0.309 e. The highest BCUT2D eigenvalue weighted by Gasteiger charge is 2.23. The van der Waals surface area contributed by atoms with Crippen molar-refractivity contribution in [2.45, 2.75) is 12.8 Å². The smallest absolute Gasteiger partial charge is 0.0555 e. The Morgan fingerprint density at radius 2 is 0.906 bits per heavy atom. The normalized spacial score (nSPS) is 12.8. The van der Waals surface area contributed by atoms with Gasteiger partial charge < -0.3 is 9.13 Å². The molecule has 0 saturated carbocycles. The Morgan fingerprint density at radius 1 is 0.377 bits per heavy atom. The van der Waals surface area contributed by atoms with E-state index in [-0.39, 0.29) is 0 Å². The SMILES string of the molecule is c1ccc2c(c1)CCc1cccc(-n3c4ccccc4c4cc(-c5ccc6c(c5)c5ccccc5n6-c5cccc6sc7ccccc7c56)ccc43)c1-2. The molecule has 2 nitrogen and oxygen atoms in total. The van der Waals surface area contributed by atoms with Crippen molar-refractivity contribution >= 4 is 75.1 Å². The van der Waals surface area contributed by atoms with Gasteiger partial charge in [0.1, 0.15) is 0 Å². The lowest BCUT2D eigenvalue weighted by molar-refractivity contribution is 0.937. The highest BCUT2D eigenvalue weighted by Crippen LogP contribution is 2.44. The molecule has 3 heteroatoms. The van der Waals surface area contributed by atoms with E-state index in [0.29, 0.717) is 0 Å². The van der Waals surface area contributed by atoms with Crippen molar-refractivity contribution in [3.05, 3.63) is 181 Å².